The summed E-state index contributed by atoms with van der Waals surface area (Å²) in [5, 5.41) is 11.2. The van der Waals surface area contributed by atoms with Crippen LogP contribution in [0.15, 0.2) is 89.8 Å². The van der Waals surface area contributed by atoms with Crippen LogP contribution in [-0.4, -0.2) is 25.9 Å². The highest BCUT2D eigenvalue weighted by atomic mass is 32.2. The molecule has 0 aromatic heterocycles. The Morgan fingerprint density at radius 2 is 1.43 bits per heavy atom. The fourth-order valence-electron chi connectivity index (χ4n) is 2.89. The van der Waals surface area contributed by atoms with E-state index in [9.17, 15) is 18.3 Å². The van der Waals surface area contributed by atoms with Gasteiger partial charge < -0.3 is 5.11 Å². The van der Waals surface area contributed by atoms with Crippen LogP contribution in [-0.2, 0) is 19.9 Å². The topological polar surface area (TPSA) is 80.7 Å². The van der Waals surface area contributed by atoms with E-state index in [4.69, 9.17) is 4.18 Å². The van der Waals surface area contributed by atoms with Gasteiger partial charge in [0.15, 0.2) is 5.60 Å². The second kappa shape index (κ2) is 8.06. The number of aliphatic hydroxyl groups is 1. The van der Waals surface area contributed by atoms with Crippen LogP contribution < -0.4 is 0 Å². The van der Waals surface area contributed by atoms with Crippen molar-refractivity contribution in [1.82, 2.24) is 0 Å². The number of aryl methyl sites for hydroxylation is 1. The lowest BCUT2D eigenvalue weighted by Gasteiger charge is -2.27. The average Bonchev–Trinajstić information content (AvgIpc) is 2.73. The van der Waals surface area contributed by atoms with Crippen LogP contribution in [0.1, 0.15) is 21.5 Å². The number of benzene rings is 3. The predicted octanol–water partition coefficient (Wildman–Crippen LogP) is 3.47. The van der Waals surface area contributed by atoms with Gasteiger partial charge in [0.2, 0.25) is 5.78 Å². The summed E-state index contributed by atoms with van der Waals surface area (Å²) in [5.74, 6) is -0.640. The number of hydrogen-bond donors (Lipinski definition) is 1. The van der Waals surface area contributed by atoms with Crippen molar-refractivity contribution in [2.75, 3.05) is 6.61 Å². The maximum atomic E-state index is 13.1. The zero-order valence-corrected chi connectivity index (χ0v) is 16.1. The van der Waals surface area contributed by atoms with Crippen LogP contribution in [0.2, 0.25) is 0 Å². The third-order valence-corrected chi connectivity index (χ3v) is 5.87. The summed E-state index contributed by atoms with van der Waals surface area (Å²) >= 11 is 0. The highest BCUT2D eigenvalue weighted by Gasteiger charge is 2.40. The zero-order valence-electron chi connectivity index (χ0n) is 15.3. The van der Waals surface area contributed by atoms with Crippen LogP contribution in [0.4, 0.5) is 0 Å². The first-order chi connectivity index (χ1) is 13.3. The summed E-state index contributed by atoms with van der Waals surface area (Å²) in [6.07, 6.45) is 0. The molecule has 0 spiro atoms. The smallest absolute Gasteiger partial charge is 0.297 e. The number of ketones is 1. The molecule has 0 fully saturated rings. The molecule has 28 heavy (non-hydrogen) atoms. The molecule has 0 radical (unpaired) electrons. The monoisotopic (exact) mass is 396 g/mol. The average molecular weight is 396 g/mol. The van der Waals surface area contributed by atoms with Gasteiger partial charge in [-0.1, -0.05) is 78.9 Å². The Morgan fingerprint density at radius 1 is 0.893 bits per heavy atom. The number of carbonyl (C=O) groups excluding carboxylic acids is 1. The van der Waals surface area contributed by atoms with Crippen molar-refractivity contribution in [3.8, 4) is 0 Å². The minimum atomic E-state index is -4.16. The van der Waals surface area contributed by atoms with E-state index >= 15 is 0 Å². The fraction of sp³-hybridized carbons (Fsp3) is 0.136. The third-order valence-electron chi connectivity index (χ3n) is 4.45. The van der Waals surface area contributed by atoms with Crippen LogP contribution >= 0.6 is 0 Å². The third kappa shape index (κ3) is 4.04. The van der Waals surface area contributed by atoms with Crippen molar-refractivity contribution < 1.29 is 22.5 Å². The van der Waals surface area contributed by atoms with Crippen molar-refractivity contribution in [3.05, 3.63) is 102 Å². The summed E-state index contributed by atoms with van der Waals surface area (Å²) in [4.78, 5) is 13.1. The Bertz CT molecular complexity index is 1060. The second-order valence-electron chi connectivity index (χ2n) is 6.40. The van der Waals surface area contributed by atoms with Gasteiger partial charge in [-0.05, 0) is 24.1 Å². The quantitative estimate of drug-likeness (QED) is 0.489. The second-order valence-corrected chi connectivity index (χ2v) is 7.99. The van der Waals surface area contributed by atoms with Gasteiger partial charge in [-0.15, -0.1) is 0 Å². The van der Waals surface area contributed by atoms with Crippen molar-refractivity contribution in [1.29, 1.82) is 0 Å². The Balaban J connectivity index is 1.97. The van der Waals surface area contributed by atoms with Gasteiger partial charge in [0.1, 0.15) is 6.61 Å². The van der Waals surface area contributed by atoms with Gasteiger partial charge in [-0.3, -0.25) is 8.98 Å². The maximum Gasteiger partial charge on any atom is 0.297 e. The summed E-state index contributed by atoms with van der Waals surface area (Å²) in [6, 6.07) is 22.8. The molecule has 3 aromatic rings. The van der Waals surface area contributed by atoms with Crippen LogP contribution in [0.3, 0.4) is 0 Å². The van der Waals surface area contributed by atoms with Gasteiger partial charge in [0.05, 0.1) is 4.90 Å². The highest BCUT2D eigenvalue weighted by molar-refractivity contribution is 7.86. The SMILES string of the molecule is Cc1ccccc1S(=O)(=O)OCC(O)(C(=O)c1ccccc1)c1ccccc1. The van der Waals surface area contributed by atoms with Crippen LogP contribution in [0, 0.1) is 6.92 Å². The first kappa shape index (κ1) is 19.9. The highest BCUT2D eigenvalue weighted by Crippen LogP contribution is 2.28. The minimum Gasteiger partial charge on any atom is -0.375 e. The van der Waals surface area contributed by atoms with E-state index in [1.165, 1.54) is 6.07 Å². The maximum absolute atomic E-state index is 13.1. The van der Waals surface area contributed by atoms with E-state index in [1.54, 1.807) is 85.8 Å². The van der Waals surface area contributed by atoms with Crippen molar-refractivity contribution >= 4 is 15.9 Å². The summed E-state index contributed by atoms with van der Waals surface area (Å²) in [6.45, 7) is 0.913. The molecule has 3 rings (SSSR count). The van der Waals surface area contributed by atoms with E-state index in [0.29, 0.717) is 5.56 Å². The number of carbonyl (C=O) groups is 1. The molecule has 1 unspecified atom stereocenters. The van der Waals surface area contributed by atoms with Gasteiger partial charge in [0, 0.05) is 5.56 Å². The molecule has 0 saturated heterocycles. The van der Waals surface area contributed by atoms with E-state index < -0.39 is 28.1 Å². The molecule has 0 aliphatic rings. The predicted molar refractivity (Wildman–Crippen MR) is 105 cm³/mol. The molecule has 6 heteroatoms. The van der Waals surface area contributed by atoms with Crippen LogP contribution in [0.5, 0.6) is 0 Å². The standard InChI is InChI=1S/C22H20O5S/c1-17-10-8-9-15-20(17)28(25,26)27-16-22(24,19-13-6-3-7-14-19)21(23)18-11-4-2-5-12-18/h2-15,24H,16H2,1H3. The molecule has 0 heterocycles. The number of Topliss-reactive ketones (excluding diaryl/α,β-unsaturated/α-hetero) is 1. The van der Waals surface area contributed by atoms with Gasteiger partial charge in [0.25, 0.3) is 10.1 Å². The molecule has 0 aliphatic heterocycles. The van der Waals surface area contributed by atoms with Crippen molar-refractivity contribution in [2.45, 2.75) is 17.4 Å². The van der Waals surface area contributed by atoms with Gasteiger partial charge >= 0.3 is 0 Å². The molecule has 1 N–H and O–H groups in total. The number of hydrogen-bond acceptors (Lipinski definition) is 5. The molecule has 0 aliphatic carbocycles. The Kier molecular flexibility index (Phi) is 5.74. The van der Waals surface area contributed by atoms with Crippen molar-refractivity contribution in [2.24, 2.45) is 0 Å². The molecule has 144 valence electrons. The van der Waals surface area contributed by atoms with E-state index in [1.807, 2.05) is 0 Å². The molecule has 0 bridgehead atoms. The van der Waals surface area contributed by atoms with E-state index in [-0.39, 0.29) is 16.0 Å². The fourth-order valence-corrected chi connectivity index (χ4v) is 4.05. The number of rotatable bonds is 7. The van der Waals surface area contributed by atoms with Gasteiger partial charge in [-0.2, -0.15) is 8.42 Å². The lowest BCUT2D eigenvalue weighted by atomic mass is 9.86. The van der Waals surface area contributed by atoms with E-state index in [2.05, 4.69) is 0 Å². The minimum absolute atomic E-state index is 0.00225. The molecular weight excluding hydrogens is 376 g/mol. The summed E-state index contributed by atoms with van der Waals surface area (Å²) in [7, 11) is -4.16. The normalized spacial score (nSPS) is 13.6. The molecule has 0 amide bonds. The van der Waals surface area contributed by atoms with Crippen molar-refractivity contribution in [3.63, 3.8) is 0 Å². The first-order valence-electron chi connectivity index (χ1n) is 8.67. The molecule has 1 atom stereocenters. The van der Waals surface area contributed by atoms with Gasteiger partial charge in [-0.25, -0.2) is 0 Å². The molecule has 5 nitrogen and oxygen atoms in total. The molecular formula is C22H20O5S. The Hall–Kier alpha value is -2.80. The Morgan fingerprint density at radius 3 is 2.04 bits per heavy atom. The largest absolute Gasteiger partial charge is 0.375 e. The van der Waals surface area contributed by atoms with Crippen LogP contribution in [0.25, 0.3) is 0 Å². The lowest BCUT2D eigenvalue weighted by molar-refractivity contribution is 0.00409. The zero-order chi connectivity index (χ0) is 20.2. The molecule has 0 saturated carbocycles. The lowest BCUT2D eigenvalue weighted by Crippen LogP contribution is -2.41. The summed E-state index contributed by atoms with van der Waals surface area (Å²) in [5.41, 5.74) is -1.13. The van der Waals surface area contributed by atoms with E-state index in [0.717, 1.165) is 0 Å². The Labute approximate surface area is 164 Å². The summed E-state index contributed by atoms with van der Waals surface area (Å²) < 4.78 is 30.5. The molecule has 3 aromatic carbocycles. The first-order valence-corrected chi connectivity index (χ1v) is 10.1.